The van der Waals surface area contributed by atoms with Gasteiger partial charge in [0.25, 0.3) is 0 Å². The van der Waals surface area contributed by atoms with Gasteiger partial charge in [0.05, 0.1) is 5.69 Å². The molecule has 0 aliphatic rings. The number of nitrogens with zero attached hydrogens (tertiary/aromatic N) is 2. The normalized spacial score (nSPS) is 10.1. The van der Waals surface area contributed by atoms with Gasteiger partial charge in [0.2, 0.25) is 0 Å². The first-order chi connectivity index (χ1) is 5.26. The predicted octanol–water partition coefficient (Wildman–Crippen LogP) is 1.26. The molecule has 0 saturated heterocycles. The maximum atomic E-state index is 5.43. The van der Waals surface area contributed by atoms with E-state index in [-0.39, 0.29) is 0 Å². The van der Waals surface area contributed by atoms with E-state index in [2.05, 4.69) is 25.9 Å². The standard InChI is InChI=1S/C7H10BrN3/c1-2-7-10-5(4-9)3-6(8)11-7/h3H,2,4,9H2,1H3. The van der Waals surface area contributed by atoms with Gasteiger partial charge in [-0.3, -0.25) is 0 Å². The summed E-state index contributed by atoms with van der Waals surface area (Å²) in [6, 6.07) is 1.83. The molecule has 1 aromatic rings. The topological polar surface area (TPSA) is 51.8 Å². The van der Waals surface area contributed by atoms with E-state index in [0.29, 0.717) is 6.54 Å². The third-order valence-corrected chi connectivity index (χ3v) is 1.73. The molecule has 60 valence electrons. The van der Waals surface area contributed by atoms with Crippen LogP contribution in [0.15, 0.2) is 10.7 Å². The number of nitrogens with two attached hydrogens (primary N) is 1. The highest BCUT2D eigenvalue weighted by atomic mass is 79.9. The molecule has 0 unspecified atom stereocenters. The summed E-state index contributed by atoms with van der Waals surface area (Å²) in [5, 5.41) is 0. The van der Waals surface area contributed by atoms with Crippen LogP contribution >= 0.6 is 15.9 Å². The molecule has 1 rings (SSSR count). The molecule has 11 heavy (non-hydrogen) atoms. The van der Waals surface area contributed by atoms with Gasteiger partial charge in [-0.05, 0) is 22.0 Å². The molecule has 4 heteroatoms. The Balaban J connectivity index is 3.02. The molecule has 0 atom stereocenters. The summed E-state index contributed by atoms with van der Waals surface area (Å²) in [5.41, 5.74) is 6.31. The summed E-state index contributed by atoms with van der Waals surface area (Å²) >= 11 is 3.29. The molecule has 3 nitrogen and oxygen atoms in total. The lowest BCUT2D eigenvalue weighted by atomic mass is 10.4. The first kappa shape index (κ1) is 8.62. The van der Waals surface area contributed by atoms with Gasteiger partial charge in [-0.1, -0.05) is 6.92 Å². The summed E-state index contributed by atoms with van der Waals surface area (Å²) in [6.07, 6.45) is 0.840. The smallest absolute Gasteiger partial charge is 0.129 e. The molecule has 0 radical (unpaired) electrons. The molecule has 0 spiro atoms. The molecule has 0 amide bonds. The van der Waals surface area contributed by atoms with Gasteiger partial charge in [0.1, 0.15) is 10.4 Å². The average Bonchev–Trinajstić information content (AvgIpc) is 2.03. The van der Waals surface area contributed by atoms with Gasteiger partial charge in [-0.15, -0.1) is 0 Å². The Morgan fingerprint density at radius 3 is 2.82 bits per heavy atom. The fraction of sp³-hybridized carbons (Fsp3) is 0.429. The van der Waals surface area contributed by atoms with E-state index in [9.17, 15) is 0 Å². The number of hydrogen-bond donors (Lipinski definition) is 1. The lowest BCUT2D eigenvalue weighted by molar-refractivity contribution is 0.866. The largest absolute Gasteiger partial charge is 0.325 e. The second-order valence-corrected chi connectivity index (χ2v) is 2.97. The Labute approximate surface area is 74.2 Å². The molecule has 1 aromatic heterocycles. The third-order valence-electron chi connectivity index (χ3n) is 1.32. The van der Waals surface area contributed by atoms with Crippen LogP contribution in [0.1, 0.15) is 18.4 Å². The van der Waals surface area contributed by atoms with Gasteiger partial charge in [0, 0.05) is 13.0 Å². The molecule has 0 bridgehead atoms. The van der Waals surface area contributed by atoms with Crippen LogP contribution in [0.3, 0.4) is 0 Å². The summed E-state index contributed by atoms with van der Waals surface area (Å²) in [7, 11) is 0. The lowest BCUT2D eigenvalue weighted by Gasteiger charge is -1.99. The van der Waals surface area contributed by atoms with Gasteiger partial charge in [-0.25, -0.2) is 9.97 Å². The molecule has 1 heterocycles. The van der Waals surface area contributed by atoms with Gasteiger partial charge in [0.15, 0.2) is 0 Å². The van der Waals surface area contributed by atoms with Crippen molar-refractivity contribution in [2.45, 2.75) is 19.9 Å². The van der Waals surface area contributed by atoms with E-state index < -0.39 is 0 Å². The molecule has 0 fully saturated rings. The van der Waals surface area contributed by atoms with Crippen LogP contribution in [0.5, 0.6) is 0 Å². The zero-order chi connectivity index (χ0) is 8.27. The fourth-order valence-electron chi connectivity index (χ4n) is 0.779. The highest BCUT2D eigenvalue weighted by Gasteiger charge is 1.98. The molecular formula is C7H10BrN3. The monoisotopic (exact) mass is 215 g/mol. The van der Waals surface area contributed by atoms with Gasteiger partial charge in [-0.2, -0.15) is 0 Å². The maximum absolute atomic E-state index is 5.43. The van der Waals surface area contributed by atoms with E-state index >= 15 is 0 Å². The van der Waals surface area contributed by atoms with Crippen LogP contribution in [-0.4, -0.2) is 9.97 Å². The van der Waals surface area contributed by atoms with Gasteiger partial charge < -0.3 is 5.73 Å². The number of aryl methyl sites for hydroxylation is 1. The minimum Gasteiger partial charge on any atom is -0.325 e. The van der Waals surface area contributed by atoms with E-state index in [1.165, 1.54) is 0 Å². The molecule has 0 aliphatic carbocycles. The second-order valence-electron chi connectivity index (χ2n) is 2.16. The van der Waals surface area contributed by atoms with E-state index in [1.54, 1.807) is 0 Å². The predicted molar refractivity (Wildman–Crippen MR) is 47.0 cm³/mol. The average molecular weight is 216 g/mol. The van der Waals surface area contributed by atoms with E-state index in [0.717, 1.165) is 22.5 Å². The van der Waals surface area contributed by atoms with E-state index in [4.69, 9.17) is 5.73 Å². The Morgan fingerprint density at radius 2 is 2.27 bits per heavy atom. The third kappa shape index (κ3) is 2.24. The van der Waals surface area contributed by atoms with Crippen molar-refractivity contribution in [1.29, 1.82) is 0 Å². The zero-order valence-corrected chi connectivity index (χ0v) is 7.93. The van der Waals surface area contributed by atoms with Crippen molar-refractivity contribution in [1.82, 2.24) is 9.97 Å². The van der Waals surface area contributed by atoms with Crippen molar-refractivity contribution in [2.75, 3.05) is 0 Å². The van der Waals surface area contributed by atoms with Crippen LogP contribution in [0, 0.1) is 0 Å². The summed E-state index contributed by atoms with van der Waals surface area (Å²) < 4.78 is 0.810. The van der Waals surface area contributed by atoms with Gasteiger partial charge >= 0.3 is 0 Å². The molecular weight excluding hydrogens is 206 g/mol. The van der Waals surface area contributed by atoms with Crippen LogP contribution < -0.4 is 5.73 Å². The second kappa shape index (κ2) is 3.78. The van der Waals surface area contributed by atoms with Crippen LogP contribution in [-0.2, 0) is 13.0 Å². The minimum absolute atomic E-state index is 0.466. The van der Waals surface area contributed by atoms with E-state index in [1.807, 2.05) is 13.0 Å². The Bertz CT molecular complexity index is 227. The fourth-order valence-corrected chi connectivity index (χ4v) is 1.25. The molecule has 0 saturated carbocycles. The van der Waals surface area contributed by atoms with Crippen molar-refractivity contribution < 1.29 is 0 Å². The Kier molecular flexibility index (Phi) is 2.96. The number of aromatic nitrogens is 2. The summed E-state index contributed by atoms with van der Waals surface area (Å²) in [5.74, 6) is 0.833. The first-order valence-corrected chi connectivity index (χ1v) is 4.28. The highest BCUT2D eigenvalue weighted by Crippen LogP contribution is 2.07. The van der Waals surface area contributed by atoms with Crippen molar-refractivity contribution in [2.24, 2.45) is 5.73 Å². The van der Waals surface area contributed by atoms with Crippen LogP contribution in [0.25, 0.3) is 0 Å². The van der Waals surface area contributed by atoms with Crippen LogP contribution in [0.2, 0.25) is 0 Å². The maximum Gasteiger partial charge on any atom is 0.129 e. The quantitative estimate of drug-likeness (QED) is 0.757. The lowest BCUT2D eigenvalue weighted by Crippen LogP contribution is -2.03. The Morgan fingerprint density at radius 1 is 1.55 bits per heavy atom. The van der Waals surface area contributed by atoms with Crippen molar-refractivity contribution in [3.05, 3.63) is 22.2 Å². The molecule has 0 aromatic carbocycles. The summed E-state index contributed by atoms with van der Waals surface area (Å²) in [4.78, 5) is 8.35. The van der Waals surface area contributed by atoms with Crippen molar-refractivity contribution in [3.63, 3.8) is 0 Å². The Hall–Kier alpha value is -0.480. The van der Waals surface area contributed by atoms with Crippen molar-refractivity contribution in [3.8, 4) is 0 Å². The first-order valence-electron chi connectivity index (χ1n) is 3.48. The highest BCUT2D eigenvalue weighted by molar-refractivity contribution is 9.10. The SMILES string of the molecule is CCc1nc(Br)cc(CN)n1. The summed E-state index contributed by atoms with van der Waals surface area (Å²) in [6.45, 7) is 2.48. The molecule has 0 aliphatic heterocycles. The number of halogens is 1. The van der Waals surface area contributed by atoms with Crippen molar-refractivity contribution >= 4 is 15.9 Å². The van der Waals surface area contributed by atoms with Crippen LogP contribution in [0.4, 0.5) is 0 Å². The zero-order valence-electron chi connectivity index (χ0n) is 6.34. The minimum atomic E-state index is 0.466. The number of rotatable bonds is 2. The molecule has 2 N–H and O–H groups in total. The number of hydrogen-bond acceptors (Lipinski definition) is 3.